The predicted octanol–water partition coefficient (Wildman–Crippen LogP) is 5.66. The largest absolute Gasteiger partial charge is 0.466 e. The number of nitrogens with one attached hydrogen (secondary N) is 2. The van der Waals surface area contributed by atoms with Crippen LogP contribution in [-0.2, 0) is 23.9 Å². The Hall–Kier alpha value is -3.94. The SMILES string of the molecule is CC/C=C\C/C=C\C/C=C\C/C=C\C/C=C\C/C=C\CCC(=O)NCCCN(CCNC(=O)/C=C/C(=O)OC)C(C)=O. The normalized spacial score (nSPS) is 12.2. The van der Waals surface area contributed by atoms with E-state index in [0.29, 0.717) is 38.9 Å². The maximum atomic E-state index is 12.0. The minimum absolute atomic E-state index is 0.0199. The number of allylic oxidation sites excluding steroid dienone is 12. The number of ether oxygens (including phenoxy) is 1. The Balaban J connectivity index is 3.87. The van der Waals surface area contributed by atoms with Crippen molar-refractivity contribution < 1.29 is 23.9 Å². The van der Waals surface area contributed by atoms with Crippen molar-refractivity contribution in [3.63, 3.8) is 0 Å². The third kappa shape index (κ3) is 26.3. The van der Waals surface area contributed by atoms with Crippen LogP contribution < -0.4 is 10.6 Å². The molecular formula is C34H51N3O5. The summed E-state index contributed by atoms with van der Waals surface area (Å²) in [6.45, 7) is 5.13. The molecule has 0 saturated carbocycles. The molecule has 0 aliphatic heterocycles. The van der Waals surface area contributed by atoms with E-state index < -0.39 is 11.9 Å². The van der Waals surface area contributed by atoms with Gasteiger partial charge in [0.25, 0.3) is 0 Å². The van der Waals surface area contributed by atoms with Gasteiger partial charge in [-0.1, -0.05) is 79.8 Å². The molecule has 0 unspecified atom stereocenters. The summed E-state index contributed by atoms with van der Waals surface area (Å²) in [5.41, 5.74) is 0. The summed E-state index contributed by atoms with van der Waals surface area (Å²) in [5.74, 6) is -1.19. The molecule has 8 nitrogen and oxygen atoms in total. The molecule has 0 fully saturated rings. The molecule has 2 N–H and O–H groups in total. The van der Waals surface area contributed by atoms with E-state index in [1.165, 1.54) is 14.0 Å². The van der Waals surface area contributed by atoms with Gasteiger partial charge in [0.15, 0.2) is 0 Å². The molecule has 0 atom stereocenters. The Morgan fingerprint density at radius 2 is 1.19 bits per heavy atom. The van der Waals surface area contributed by atoms with Crippen LogP contribution in [0.5, 0.6) is 0 Å². The summed E-state index contributed by atoms with van der Waals surface area (Å²) in [4.78, 5) is 48.1. The van der Waals surface area contributed by atoms with Crippen molar-refractivity contribution in [2.75, 3.05) is 33.3 Å². The van der Waals surface area contributed by atoms with Crippen LogP contribution in [0.25, 0.3) is 0 Å². The van der Waals surface area contributed by atoms with Crippen molar-refractivity contribution in [2.24, 2.45) is 0 Å². The standard InChI is InChI=1S/C34H51N3O5/c1-4-5-6-7-8-9-10-11-12-13-14-15-16-17-18-19-20-21-22-24-32(39)35-27-23-29-37(31(2)38)30-28-36-33(40)25-26-34(41)42-3/h5-6,8-9,11-12,14-15,17-18,20-21,25-26H,4,7,10,13,16,19,22-24,27-30H2,1-3H3,(H,35,39)(H,36,40)/b6-5-,9-8-,12-11-,15-14-,18-17-,21-20-,26-25+. The topological polar surface area (TPSA) is 105 Å². The van der Waals surface area contributed by atoms with Gasteiger partial charge in [-0.25, -0.2) is 4.79 Å². The summed E-state index contributed by atoms with van der Waals surface area (Å²) in [7, 11) is 1.23. The lowest BCUT2D eigenvalue weighted by Gasteiger charge is -2.21. The zero-order valence-electron chi connectivity index (χ0n) is 25.8. The molecule has 42 heavy (non-hydrogen) atoms. The lowest BCUT2D eigenvalue weighted by molar-refractivity contribution is -0.135. The summed E-state index contributed by atoms with van der Waals surface area (Å²) in [6, 6.07) is 0. The molecule has 0 spiro atoms. The second-order valence-electron chi connectivity index (χ2n) is 9.31. The van der Waals surface area contributed by atoms with E-state index in [1.807, 2.05) is 6.08 Å². The Bertz CT molecular complexity index is 974. The number of carbonyl (C=O) groups is 4. The van der Waals surface area contributed by atoms with Crippen LogP contribution in [0.1, 0.15) is 71.6 Å². The lowest BCUT2D eigenvalue weighted by atomic mass is 10.2. The van der Waals surface area contributed by atoms with Gasteiger partial charge in [0.2, 0.25) is 17.7 Å². The van der Waals surface area contributed by atoms with Crippen molar-refractivity contribution in [3.8, 4) is 0 Å². The van der Waals surface area contributed by atoms with E-state index in [9.17, 15) is 19.2 Å². The highest BCUT2D eigenvalue weighted by molar-refractivity contribution is 5.94. The predicted molar refractivity (Wildman–Crippen MR) is 171 cm³/mol. The summed E-state index contributed by atoms with van der Waals surface area (Å²) < 4.78 is 4.42. The molecule has 0 bridgehead atoms. The van der Waals surface area contributed by atoms with E-state index in [2.05, 4.69) is 89.1 Å². The quantitative estimate of drug-likeness (QED) is 0.0701. The van der Waals surface area contributed by atoms with Crippen LogP contribution in [0.2, 0.25) is 0 Å². The van der Waals surface area contributed by atoms with Crippen molar-refractivity contribution in [2.45, 2.75) is 71.6 Å². The van der Waals surface area contributed by atoms with E-state index in [0.717, 1.165) is 50.7 Å². The van der Waals surface area contributed by atoms with Crippen LogP contribution in [-0.4, -0.2) is 61.9 Å². The molecular weight excluding hydrogens is 530 g/mol. The monoisotopic (exact) mass is 581 g/mol. The van der Waals surface area contributed by atoms with E-state index in [4.69, 9.17) is 0 Å². The second kappa shape index (κ2) is 28.6. The maximum absolute atomic E-state index is 12.0. The number of methoxy groups -OCH3 is 1. The van der Waals surface area contributed by atoms with Crippen molar-refractivity contribution >= 4 is 23.7 Å². The Labute approximate surface area is 253 Å². The molecule has 0 rings (SSSR count). The fraction of sp³-hybridized carbons (Fsp3) is 0.471. The van der Waals surface area contributed by atoms with Crippen molar-refractivity contribution in [3.05, 3.63) is 85.1 Å². The fourth-order valence-corrected chi connectivity index (χ4v) is 3.45. The zero-order chi connectivity index (χ0) is 31.1. The van der Waals surface area contributed by atoms with Crippen LogP contribution in [0.4, 0.5) is 0 Å². The third-order valence-electron chi connectivity index (χ3n) is 5.76. The highest BCUT2D eigenvalue weighted by Crippen LogP contribution is 1.98. The second-order valence-corrected chi connectivity index (χ2v) is 9.31. The molecule has 0 aromatic rings. The van der Waals surface area contributed by atoms with E-state index in [1.54, 1.807) is 4.90 Å². The van der Waals surface area contributed by atoms with Crippen molar-refractivity contribution in [1.82, 2.24) is 15.5 Å². The summed E-state index contributed by atoms with van der Waals surface area (Å²) in [5, 5.41) is 5.48. The molecule has 0 saturated heterocycles. The number of hydrogen-bond donors (Lipinski definition) is 2. The number of hydrogen-bond acceptors (Lipinski definition) is 5. The van der Waals surface area contributed by atoms with Gasteiger partial charge in [-0.15, -0.1) is 0 Å². The van der Waals surface area contributed by atoms with Gasteiger partial charge >= 0.3 is 5.97 Å². The first-order chi connectivity index (χ1) is 20.4. The molecule has 232 valence electrons. The molecule has 0 aromatic heterocycles. The molecule has 0 aliphatic carbocycles. The van der Waals surface area contributed by atoms with Crippen LogP contribution in [0.15, 0.2) is 85.1 Å². The van der Waals surface area contributed by atoms with Gasteiger partial charge in [-0.3, -0.25) is 14.4 Å². The first kappa shape index (κ1) is 38.1. The van der Waals surface area contributed by atoms with Crippen LogP contribution in [0, 0.1) is 0 Å². The van der Waals surface area contributed by atoms with Crippen LogP contribution in [0.3, 0.4) is 0 Å². The Morgan fingerprint density at radius 1 is 0.667 bits per heavy atom. The van der Waals surface area contributed by atoms with Gasteiger partial charge in [0.05, 0.1) is 7.11 Å². The number of carbonyl (C=O) groups excluding carboxylic acids is 4. The fourth-order valence-electron chi connectivity index (χ4n) is 3.45. The number of rotatable bonds is 23. The molecule has 3 amide bonds. The zero-order valence-corrected chi connectivity index (χ0v) is 25.8. The highest BCUT2D eigenvalue weighted by Gasteiger charge is 2.09. The molecule has 0 aliphatic rings. The van der Waals surface area contributed by atoms with Gasteiger partial charge in [0.1, 0.15) is 0 Å². The molecule has 0 heterocycles. The summed E-state index contributed by atoms with van der Waals surface area (Å²) in [6.07, 6.45) is 35.5. The molecule has 0 aromatic carbocycles. The van der Waals surface area contributed by atoms with Gasteiger partial charge < -0.3 is 20.3 Å². The smallest absolute Gasteiger partial charge is 0.330 e. The minimum atomic E-state index is -0.616. The first-order valence-electron chi connectivity index (χ1n) is 14.9. The Morgan fingerprint density at radius 3 is 1.69 bits per heavy atom. The average Bonchev–Trinajstić information content (AvgIpc) is 2.98. The van der Waals surface area contributed by atoms with Gasteiger partial charge in [-0.05, 0) is 51.4 Å². The minimum Gasteiger partial charge on any atom is -0.466 e. The highest BCUT2D eigenvalue weighted by atomic mass is 16.5. The maximum Gasteiger partial charge on any atom is 0.330 e. The van der Waals surface area contributed by atoms with E-state index in [-0.39, 0.29) is 18.4 Å². The average molecular weight is 582 g/mol. The first-order valence-corrected chi connectivity index (χ1v) is 14.9. The third-order valence-corrected chi connectivity index (χ3v) is 5.76. The van der Waals surface area contributed by atoms with Crippen LogP contribution >= 0.6 is 0 Å². The van der Waals surface area contributed by atoms with E-state index >= 15 is 0 Å². The summed E-state index contributed by atoms with van der Waals surface area (Å²) >= 11 is 0. The van der Waals surface area contributed by atoms with Gasteiger partial charge in [0, 0.05) is 51.7 Å². The molecule has 0 radical (unpaired) electrons. The molecule has 8 heteroatoms. The number of esters is 1. The lowest BCUT2D eigenvalue weighted by Crippen LogP contribution is -2.38. The van der Waals surface area contributed by atoms with Gasteiger partial charge in [-0.2, -0.15) is 0 Å². The Kier molecular flexibility index (Phi) is 25.9. The van der Waals surface area contributed by atoms with Crippen molar-refractivity contribution in [1.29, 1.82) is 0 Å². The number of nitrogens with zero attached hydrogens (tertiary/aromatic N) is 1. The number of amides is 3.